The summed E-state index contributed by atoms with van der Waals surface area (Å²) in [6.45, 7) is 3.85. The van der Waals surface area contributed by atoms with Gasteiger partial charge in [-0.2, -0.15) is 11.3 Å². The van der Waals surface area contributed by atoms with Crippen LogP contribution in [0.4, 0.5) is 9.93 Å². The number of aliphatic hydroxyl groups is 1. The number of amides is 2. The van der Waals surface area contributed by atoms with Crippen LogP contribution >= 0.6 is 22.7 Å². The van der Waals surface area contributed by atoms with E-state index in [-0.39, 0.29) is 6.54 Å². The van der Waals surface area contributed by atoms with E-state index in [1.54, 1.807) is 6.92 Å². The van der Waals surface area contributed by atoms with Crippen LogP contribution in [0.2, 0.25) is 0 Å². The number of nitrogens with zero attached hydrogens (tertiary/aromatic N) is 2. The Bertz CT molecular complexity index is 581. The maximum atomic E-state index is 11.8. The van der Waals surface area contributed by atoms with Crippen LogP contribution in [0.5, 0.6) is 0 Å². The Hall–Kier alpha value is -1.51. The number of carbonyl (C=O) groups is 1. The van der Waals surface area contributed by atoms with E-state index in [2.05, 4.69) is 27.8 Å². The fourth-order valence-corrected chi connectivity index (χ4v) is 3.30. The number of aryl methyl sites for hydroxylation is 1. The molecule has 2 rings (SSSR count). The van der Waals surface area contributed by atoms with E-state index in [4.69, 9.17) is 0 Å². The number of hydrogen-bond donors (Lipinski definition) is 3. The molecule has 114 valence electrons. The van der Waals surface area contributed by atoms with E-state index in [9.17, 15) is 9.90 Å². The molecule has 0 unspecified atom stereocenters. The van der Waals surface area contributed by atoms with Crippen molar-refractivity contribution in [1.29, 1.82) is 0 Å². The number of hydrogen-bond acceptors (Lipinski definition) is 6. The third-order valence-corrected chi connectivity index (χ3v) is 4.47. The van der Waals surface area contributed by atoms with Gasteiger partial charge in [0.15, 0.2) is 0 Å². The Morgan fingerprint density at radius 2 is 2.29 bits per heavy atom. The molecule has 3 N–H and O–H groups in total. The van der Waals surface area contributed by atoms with Crippen molar-refractivity contribution in [3.63, 3.8) is 0 Å². The van der Waals surface area contributed by atoms with E-state index in [1.165, 1.54) is 22.7 Å². The molecule has 0 aliphatic heterocycles. The summed E-state index contributed by atoms with van der Waals surface area (Å²) < 4.78 is 0. The highest BCUT2D eigenvalue weighted by molar-refractivity contribution is 7.15. The summed E-state index contributed by atoms with van der Waals surface area (Å²) in [7, 11) is 0. The van der Waals surface area contributed by atoms with Crippen LogP contribution in [-0.4, -0.2) is 27.9 Å². The molecule has 1 atom stereocenters. The number of aromatic nitrogens is 2. The Balaban J connectivity index is 1.84. The first-order valence-corrected chi connectivity index (χ1v) is 8.39. The zero-order chi connectivity index (χ0) is 15.3. The molecule has 0 radical (unpaired) electrons. The van der Waals surface area contributed by atoms with Crippen molar-refractivity contribution >= 4 is 33.8 Å². The quantitative estimate of drug-likeness (QED) is 0.761. The molecule has 0 aliphatic carbocycles. The van der Waals surface area contributed by atoms with Gasteiger partial charge in [0, 0.05) is 6.42 Å². The van der Waals surface area contributed by atoms with E-state index >= 15 is 0 Å². The number of nitrogens with one attached hydrogen (secondary N) is 2. The number of urea groups is 1. The molecule has 6 nitrogen and oxygen atoms in total. The highest BCUT2D eigenvalue weighted by atomic mass is 32.1. The van der Waals surface area contributed by atoms with E-state index in [0.717, 1.165) is 23.4 Å². The molecule has 2 amide bonds. The van der Waals surface area contributed by atoms with Crippen LogP contribution in [0.25, 0.3) is 0 Å². The van der Waals surface area contributed by atoms with Crippen molar-refractivity contribution in [3.8, 4) is 0 Å². The Kier molecular flexibility index (Phi) is 5.27. The minimum atomic E-state index is -1.09. The van der Waals surface area contributed by atoms with Crippen molar-refractivity contribution in [2.75, 3.05) is 11.9 Å². The Labute approximate surface area is 131 Å². The number of rotatable bonds is 6. The second kappa shape index (κ2) is 6.97. The van der Waals surface area contributed by atoms with E-state index < -0.39 is 11.6 Å². The van der Waals surface area contributed by atoms with Gasteiger partial charge in [0.25, 0.3) is 0 Å². The average molecular weight is 326 g/mol. The topological polar surface area (TPSA) is 87.1 Å². The van der Waals surface area contributed by atoms with Gasteiger partial charge in [-0.25, -0.2) is 4.79 Å². The summed E-state index contributed by atoms with van der Waals surface area (Å²) in [6, 6.07) is 1.44. The molecule has 8 heteroatoms. The molecule has 2 aromatic rings. The monoisotopic (exact) mass is 326 g/mol. The first-order valence-electron chi connectivity index (χ1n) is 6.63. The standard InChI is InChI=1S/C13H18N4O2S2/c1-3-4-10-16-17-12(21-10)15-11(18)14-8-13(2,19)9-5-6-20-7-9/h5-7,19H,3-4,8H2,1-2H3,(H2,14,15,17,18)/t13-/m0/s1. The van der Waals surface area contributed by atoms with Gasteiger partial charge >= 0.3 is 6.03 Å². The Morgan fingerprint density at radius 3 is 2.95 bits per heavy atom. The van der Waals surface area contributed by atoms with Gasteiger partial charge in [-0.05, 0) is 35.7 Å². The number of carbonyl (C=O) groups excluding carboxylic acids is 1. The molecule has 0 spiro atoms. The van der Waals surface area contributed by atoms with Crippen molar-refractivity contribution in [2.45, 2.75) is 32.3 Å². The van der Waals surface area contributed by atoms with Gasteiger partial charge in [0.1, 0.15) is 10.6 Å². The van der Waals surface area contributed by atoms with Crippen molar-refractivity contribution < 1.29 is 9.90 Å². The SMILES string of the molecule is CCCc1nnc(NC(=O)NC[C@](C)(O)c2ccsc2)s1. The summed E-state index contributed by atoms with van der Waals surface area (Å²) in [6.07, 6.45) is 1.85. The zero-order valence-corrected chi connectivity index (χ0v) is 13.6. The van der Waals surface area contributed by atoms with Gasteiger partial charge in [-0.15, -0.1) is 10.2 Å². The molecule has 0 fully saturated rings. The lowest BCUT2D eigenvalue weighted by Gasteiger charge is -2.22. The zero-order valence-electron chi connectivity index (χ0n) is 11.9. The lowest BCUT2D eigenvalue weighted by molar-refractivity contribution is 0.0604. The highest BCUT2D eigenvalue weighted by Gasteiger charge is 2.24. The fraction of sp³-hybridized carbons (Fsp3) is 0.462. The summed E-state index contributed by atoms with van der Waals surface area (Å²) in [5.41, 5.74) is -0.305. The molecule has 0 aliphatic rings. The number of anilines is 1. The second-order valence-corrected chi connectivity index (χ2v) is 6.69. The normalized spacial score (nSPS) is 13.7. The van der Waals surface area contributed by atoms with Gasteiger partial charge < -0.3 is 10.4 Å². The van der Waals surface area contributed by atoms with Crippen molar-refractivity contribution in [1.82, 2.24) is 15.5 Å². The number of thiophene rings is 1. The molecule has 0 saturated heterocycles. The third kappa shape index (κ3) is 4.48. The molecule has 0 saturated carbocycles. The molecular formula is C13H18N4O2S2. The molecule has 21 heavy (non-hydrogen) atoms. The van der Waals surface area contributed by atoms with E-state index in [0.29, 0.717) is 5.13 Å². The van der Waals surface area contributed by atoms with Crippen LogP contribution in [0.3, 0.4) is 0 Å². The van der Waals surface area contributed by atoms with Crippen LogP contribution < -0.4 is 10.6 Å². The van der Waals surface area contributed by atoms with Crippen LogP contribution in [0.1, 0.15) is 30.8 Å². The maximum absolute atomic E-state index is 11.8. The first-order chi connectivity index (χ1) is 10.0. The largest absolute Gasteiger partial charge is 0.384 e. The lowest BCUT2D eigenvalue weighted by Crippen LogP contribution is -2.40. The minimum Gasteiger partial charge on any atom is -0.384 e. The van der Waals surface area contributed by atoms with Gasteiger partial charge in [0.05, 0.1) is 6.54 Å². The summed E-state index contributed by atoms with van der Waals surface area (Å²) >= 11 is 2.87. The maximum Gasteiger partial charge on any atom is 0.321 e. The van der Waals surface area contributed by atoms with Gasteiger partial charge in [0.2, 0.25) is 5.13 Å². The van der Waals surface area contributed by atoms with Crippen LogP contribution in [-0.2, 0) is 12.0 Å². The van der Waals surface area contributed by atoms with Gasteiger partial charge in [-0.3, -0.25) is 5.32 Å². The van der Waals surface area contributed by atoms with Gasteiger partial charge in [-0.1, -0.05) is 18.3 Å². The first kappa shape index (κ1) is 15.9. The molecule has 0 aromatic carbocycles. The minimum absolute atomic E-state index is 0.121. The molecule has 2 aromatic heterocycles. The highest BCUT2D eigenvalue weighted by Crippen LogP contribution is 2.22. The Morgan fingerprint density at radius 1 is 1.48 bits per heavy atom. The van der Waals surface area contributed by atoms with Crippen LogP contribution in [0, 0.1) is 0 Å². The predicted molar refractivity (Wildman–Crippen MR) is 84.8 cm³/mol. The fourth-order valence-electron chi connectivity index (χ4n) is 1.69. The summed E-state index contributed by atoms with van der Waals surface area (Å²) in [5.74, 6) is 0. The lowest BCUT2D eigenvalue weighted by atomic mass is 9.99. The molecular weight excluding hydrogens is 308 g/mol. The third-order valence-electron chi connectivity index (χ3n) is 2.89. The summed E-state index contributed by atoms with van der Waals surface area (Å²) in [4.78, 5) is 11.8. The molecule has 0 bridgehead atoms. The van der Waals surface area contributed by atoms with E-state index in [1.807, 2.05) is 16.8 Å². The molecule has 2 heterocycles. The second-order valence-electron chi connectivity index (χ2n) is 4.84. The van der Waals surface area contributed by atoms with Crippen molar-refractivity contribution in [3.05, 3.63) is 27.4 Å². The van der Waals surface area contributed by atoms with Crippen LogP contribution in [0.15, 0.2) is 16.8 Å². The van der Waals surface area contributed by atoms with Crippen molar-refractivity contribution in [2.24, 2.45) is 0 Å². The summed E-state index contributed by atoms with van der Waals surface area (Å²) in [5, 5.41) is 28.6. The predicted octanol–water partition coefficient (Wildman–Crippen LogP) is 2.58. The average Bonchev–Trinajstić information content (AvgIpc) is 3.09. The smallest absolute Gasteiger partial charge is 0.321 e.